The molecule has 1 aliphatic rings. The molecule has 0 fully saturated rings. The number of alkyl halides is 3. The number of hydrogen-bond donors (Lipinski definition) is 0. The van der Waals surface area contributed by atoms with Gasteiger partial charge in [0.05, 0.1) is 5.92 Å². The van der Waals surface area contributed by atoms with Crippen molar-refractivity contribution in [3.63, 3.8) is 0 Å². The minimum absolute atomic E-state index is 0.151. The van der Waals surface area contributed by atoms with Gasteiger partial charge in [-0.3, -0.25) is 4.79 Å². The zero-order chi connectivity index (χ0) is 22.8. The Hall–Kier alpha value is -3.09. The van der Waals surface area contributed by atoms with Crippen LogP contribution in [0.25, 0.3) is 0 Å². The second-order valence-corrected chi connectivity index (χ2v) is 8.44. The highest BCUT2D eigenvalue weighted by Crippen LogP contribution is 2.42. The first-order valence-corrected chi connectivity index (χ1v) is 9.92. The Morgan fingerprint density at radius 2 is 1.52 bits per heavy atom. The highest BCUT2D eigenvalue weighted by molar-refractivity contribution is 5.97. The van der Waals surface area contributed by atoms with E-state index in [2.05, 4.69) is 0 Å². The van der Waals surface area contributed by atoms with Gasteiger partial charge in [-0.1, -0.05) is 60.7 Å². The molecule has 31 heavy (non-hydrogen) atoms. The van der Waals surface area contributed by atoms with E-state index >= 15 is 0 Å². The van der Waals surface area contributed by atoms with Crippen LogP contribution in [0.1, 0.15) is 37.8 Å². The van der Waals surface area contributed by atoms with Crippen LogP contribution in [0.5, 0.6) is 0 Å². The number of carbonyl (C=O) groups is 2. The molecule has 0 spiro atoms. The summed E-state index contributed by atoms with van der Waals surface area (Å²) in [6.07, 6.45) is -5.09. The van der Waals surface area contributed by atoms with E-state index in [9.17, 15) is 22.8 Å². The van der Waals surface area contributed by atoms with Gasteiger partial charge >= 0.3 is 12.3 Å². The van der Waals surface area contributed by atoms with Crippen molar-refractivity contribution in [1.29, 1.82) is 0 Å². The molecule has 1 heterocycles. The topological polar surface area (TPSA) is 46.6 Å². The van der Waals surface area contributed by atoms with Gasteiger partial charge in [0.15, 0.2) is 0 Å². The van der Waals surface area contributed by atoms with Crippen molar-refractivity contribution in [3.05, 3.63) is 83.6 Å². The van der Waals surface area contributed by atoms with E-state index < -0.39 is 41.3 Å². The molecule has 164 valence electrons. The minimum Gasteiger partial charge on any atom is -0.443 e. The standard InChI is InChI=1S/C24H24F3NO3/c1-23(2,3)31-22(30)28-20(24(25,26)27)15-18(17-12-8-5-9-13-17)19(21(28)29)14-16-10-6-4-7-11-16/h4-13,15,18-19H,14H2,1-3H3/t18-,19+/m1/s1. The van der Waals surface area contributed by atoms with Crippen LogP contribution in [0, 0.1) is 5.92 Å². The number of nitrogens with zero attached hydrogens (tertiary/aromatic N) is 1. The fraction of sp³-hybridized carbons (Fsp3) is 0.333. The molecule has 2 aromatic carbocycles. The molecule has 3 rings (SSSR count). The molecule has 7 heteroatoms. The van der Waals surface area contributed by atoms with E-state index in [0.29, 0.717) is 5.56 Å². The van der Waals surface area contributed by atoms with Gasteiger partial charge in [-0.25, -0.2) is 9.69 Å². The maximum Gasteiger partial charge on any atom is 0.431 e. The van der Waals surface area contributed by atoms with Crippen LogP contribution in [0.2, 0.25) is 0 Å². The Balaban J connectivity index is 2.12. The van der Waals surface area contributed by atoms with Crippen LogP contribution in [-0.2, 0) is 16.0 Å². The molecule has 2 amide bonds. The molecule has 0 saturated carbocycles. The lowest BCUT2D eigenvalue weighted by molar-refractivity contribution is -0.147. The minimum atomic E-state index is -4.91. The average Bonchev–Trinajstić information content (AvgIpc) is 2.68. The Morgan fingerprint density at radius 1 is 0.968 bits per heavy atom. The predicted octanol–water partition coefficient (Wildman–Crippen LogP) is 5.85. The molecule has 2 aromatic rings. The van der Waals surface area contributed by atoms with E-state index in [-0.39, 0.29) is 11.3 Å². The predicted molar refractivity (Wildman–Crippen MR) is 110 cm³/mol. The van der Waals surface area contributed by atoms with Gasteiger partial charge in [-0.15, -0.1) is 0 Å². The SMILES string of the molecule is CC(C)(C)OC(=O)N1C(=O)[C@@H](Cc2ccccc2)[C@@H](c2ccccc2)C=C1C(F)(F)F. The lowest BCUT2D eigenvalue weighted by atomic mass is 9.78. The largest absolute Gasteiger partial charge is 0.443 e. The first kappa shape index (κ1) is 22.6. The van der Waals surface area contributed by atoms with Crippen molar-refractivity contribution >= 4 is 12.0 Å². The number of allylic oxidation sites excluding steroid dienone is 2. The number of rotatable bonds is 3. The molecule has 0 aromatic heterocycles. The van der Waals surface area contributed by atoms with Crippen LogP contribution < -0.4 is 0 Å². The van der Waals surface area contributed by atoms with Crippen molar-refractivity contribution in [3.8, 4) is 0 Å². The Labute approximate surface area is 179 Å². The monoisotopic (exact) mass is 431 g/mol. The molecule has 0 N–H and O–H groups in total. The van der Waals surface area contributed by atoms with Gasteiger partial charge in [-0.2, -0.15) is 13.2 Å². The normalized spacial score (nSPS) is 19.7. The summed E-state index contributed by atoms with van der Waals surface area (Å²) in [6.45, 7) is 4.60. The van der Waals surface area contributed by atoms with Gasteiger partial charge in [0.25, 0.3) is 0 Å². The number of amides is 2. The summed E-state index contributed by atoms with van der Waals surface area (Å²) in [5, 5.41) is 0. The summed E-state index contributed by atoms with van der Waals surface area (Å²) >= 11 is 0. The smallest absolute Gasteiger partial charge is 0.431 e. The van der Waals surface area contributed by atoms with E-state index in [0.717, 1.165) is 11.6 Å². The number of halogens is 3. The summed E-state index contributed by atoms with van der Waals surface area (Å²) in [7, 11) is 0. The van der Waals surface area contributed by atoms with Crippen LogP contribution >= 0.6 is 0 Å². The summed E-state index contributed by atoms with van der Waals surface area (Å²) in [5.41, 5.74) is -1.01. The highest BCUT2D eigenvalue weighted by atomic mass is 19.4. The third kappa shape index (κ3) is 5.34. The van der Waals surface area contributed by atoms with Crippen molar-refractivity contribution in [1.82, 2.24) is 4.90 Å². The van der Waals surface area contributed by atoms with Crippen LogP contribution in [0.3, 0.4) is 0 Å². The second-order valence-electron chi connectivity index (χ2n) is 8.44. The lowest BCUT2D eigenvalue weighted by Gasteiger charge is -2.37. The van der Waals surface area contributed by atoms with Gasteiger partial charge in [0, 0.05) is 5.92 Å². The second kappa shape index (κ2) is 8.57. The van der Waals surface area contributed by atoms with E-state index in [1.165, 1.54) is 20.8 Å². The van der Waals surface area contributed by atoms with Gasteiger partial charge in [0.2, 0.25) is 5.91 Å². The molecule has 0 radical (unpaired) electrons. The van der Waals surface area contributed by atoms with Crippen molar-refractivity contribution < 1.29 is 27.5 Å². The quantitative estimate of drug-likeness (QED) is 0.612. The van der Waals surface area contributed by atoms with E-state index in [4.69, 9.17) is 4.74 Å². The van der Waals surface area contributed by atoms with Crippen molar-refractivity contribution in [2.75, 3.05) is 0 Å². The third-order valence-corrected chi connectivity index (χ3v) is 4.90. The molecule has 0 bridgehead atoms. The third-order valence-electron chi connectivity index (χ3n) is 4.90. The molecule has 0 saturated heterocycles. The number of imide groups is 1. The maximum atomic E-state index is 13.9. The van der Waals surface area contributed by atoms with E-state index in [1.807, 2.05) is 6.07 Å². The number of benzene rings is 2. The van der Waals surface area contributed by atoms with Crippen LogP contribution in [-0.4, -0.2) is 28.7 Å². The fourth-order valence-corrected chi connectivity index (χ4v) is 3.60. The van der Waals surface area contributed by atoms with Gasteiger partial charge in [-0.05, 0) is 44.4 Å². The molecule has 4 nitrogen and oxygen atoms in total. The zero-order valence-electron chi connectivity index (χ0n) is 17.5. The van der Waals surface area contributed by atoms with Crippen molar-refractivity contribution in [2.45, 2.75) is 44.9 Å². The first-order chi connectivity index (χ1) is 14.5. The molecule has 0 unspecified atom stereocenters. The van der Waals surface area contributed by atoms with Crippen molar-refractivity contribution in [2.24, 2.45) is 5.92 Å². The Bertz CT molecular complexity index is 963. The summed E-state index contributed by atoms with van der Waals surface area (Å²) < 4.78 is 46.9. The van der Waals surface area contributed by atoms with Crippen LogP contribution in [0.4, 0.5) is 18.0 Å². The molecule has 0 aliphatic carbocycles. The number of hydrogen-bond acceptors (Lipinski definition) is 3. The Morgan fingerprint density at radius 3 is 2.03 bits per heavy atom. The van der Waals surface area contributed by atoms with Gasteiger partial charge in [0.1, 0.15) is 11.3 Å². The molecule has 2 atom stereocenters. The highest BCUT2D eigenvalue weighted by Gasteiger charge is 2.51. The fourth-order valence-electron chi connectivity index (χ4n) is 3.60. The first-order valence-electron chi connectivity index (χ1n) is 9.92. The summed E-state index contributed by atoms with van der Waals surface area (Å²) in [6, 6.07) is 17.5. The number of carbonyl (C=O) groups excluding carboxylic acids is 2. The lowest BCUT2D eigenvalue weighted by Crippen LogP contribution is -2.50. The van der Waals surface area contributed by atoms with Gasteiger partial charge < -0.3 is 4.74 Å². The molecular weight excluding hydrogens is 407 g/mol. The Kier molecular flexibility index (Phi) is 6.25. The average molecular weight is 431 g/mol. The number of ether oxygens (including phenoxy) is 1. The summed E-state index contributed by atoms with van der Waals surface area (Å²) in [5.74, 6) is -2.67. The van der Waals surface area contributed by atoms with E-state index in [1.54, 1.807) is 54.6 Å². The van der Waals surface area contributed by atoms with Crippen LogP contribution in [0.15, 0.2) is 72.4 Å². The molecular formula is C24H24F3NO3. The summed E-state index contributed by atoms with van der Waals surface area (Å²) in [4.78, 5) is 26.2. The molecule has 1 aliphatic heterocycles. The zero-order valence-corrected chi connectivity index (χ0v) is 17.5. The maximum absolute atomic E-state index is 13.9.